The Labute approximate surface area is 119 Å². The molecule has 0 saturated heterocycles. The van der Waals surface area contributed by atoms with Crippen molar-refractivity contribution in [3.05, 3.63) is 45.5 Å². The molecule has 0 atom stereocenters. The Kier molecular flexibility index (Phi) is 5.70. The number of carbonyl (C=O) groups is 2. The molecular weight excluding hydrogens is 282 g/mol. The summed E-state index contributed by atoms with van der Waals surface area (Å²) in [7, 11) is 2.39. The van der Waals surface area contributed by atoms with E-state index in [1.165, 1.54) is 32.4 Å². The second-order valence-electron chi connectivity index (χ2n) is 3.88. The number of rotatable bonds is 7. The van der Waals surface area contributed by atoms with Gasteiger partial charge in [-0.3, -0.25) is 14.9 Å². The van der Waals surface area contributed by atoms with Crippen molar-refractivity contribution in [2.75, 3.05) is 14.2 Å². The molecule has 1 aromatic rings. The van der Waals surface area contributed by atoms with Crippen LogP contribution in [0.1, 0.15) is 5.56 Å². The highest BCUT2D eigenvalue weighted by Crippen LogP contribution is 2.17. The van der Waals surface area contributed by atoms with Gasteiger partial charge in [0.1, 0.15) is 5.57 Å². The van der Waals surface area contributed by atoms with Crippen LogP contribution in [0.2, 0.25) is 0 Å². The Bertz CT molecular complexity index is 590. The topological polar surface area (TPSA) is 116 Å². The summed E-state index contributed by atoms with van der Waals surface area (Å²) in [5, 5.41) is 19.8. The van der Waals surface area contributed by atoms with Crippen LogP contribution in [0, 0.1) is 10.1 Å². The van der Waals surface area contributed by atoms with E-state index >= 15 is 0 Å². The fourth-order valence-corrected chi connectivity index (χ4v) is 1.57. The van der Waals surface area contributed by atoms with Gasteiger partial charge in [-0.05, 0) is 11.6 Å². The van der Waals surface area contributed by atoms with Gasteiger partial charge < -0.3 is 14.6 Å². The van der Waals surface area contributed by atoms with E-state index in [0.717, 1.165) is 12.1 Å². The second kappa shape index (κ2) is 7.27. The molecule has 0 aliphatic rings. The molecule has 1 rings (SSSR count). The first-order valence-corrected chi connectivity index (χ1v) is 5.70. The van der Waals surface area contributed by atoms with E-state index in [1.54, 1.807) is 0 Å². The average molecular weight is 295 g/mol. The van der Waals surface area contributed by atoms with Crippen LogP contribution in [0.15, 0.2) is 29.8 Å². The largest absolute Gasteiger partial charge is 0.478 e. The molecule has 8 heteroatoms. The predicted molar refractivity (Wildman–Crippen MR) is 71.5 cm³/mol. The molecule has 0 aliphatic heterocycles. The molecule has 0 fully saturated rings. The molecule has 0 unspecified atom stereocenters. The van der Waals surface area contributed by atoms with Gasteiger partial charge >= 0.3 is 5.97 Å². The monoisotopic (exact) mass is 295 g/mol. The van der Waals surface area contributed by atoms with Crippen LogP contribution in [-0.4, -0.2) is 42.3 Å². The number of carbonyl (C=O) groups excluding carboxylic acids is 1. The molecule has 0 aliphatic carbocycles. The van der Waals surface area contributed by atoms with Crippen molar-refractivity contribution in [3.63, 3.8) is 0 Å². The van der Waals surface area contributed by atoms with E-state index in [0.29, 0.717) is 0 Å². The number of carboxylic acids is 1. The smallest absolute Gasteiger partial charge is 0.339 e. The summed E-state index contributed by atoms with van der Waals surface area (Å²) in [6, 6.07) is 5.24. The Hall–Kier alpha value is -2.58. The van der Waals surface area contributed by atoms with E-state index in [2.05, 4.69) is 0 Å². The molecule has 0 spiro atoms. The average Bonchev–Trinajstić information content (AvgIpc) is 2.45. The van der Waals surface area contributed by atoms with Crippen LogP contribution in [0.5, 0.6) is 0 Å². The van der Waals surface area contributed by atoms with Gasteiger partial charge in [-0.25, -0.2) is 4.79 Å². The summed E-state index contributed by atoms with van der Waals surface area (Å²) in [6.07, 6.45) is -0.325. The lowest BCUT2D eigenvalue weighted by Gasteiger charge is -2.12. The SMILES string of the molecule is COC(OC)C(=O)/C(=C\c1cccc([N+](=O)[O-])c1)C(=O)O. The first kappa shape index (κ1) is 16.5. The predicted octanol–water partition coefficient (Wildman–Crippen LogP) is 1.25. The highest BCUT2D eigenvalue weighted by Gasteiger charge is 2.26. The summed E-state index contributed by atoms with van der Waals surface area (Å²) in [4.78, 5) is 33.2. The van der Waals surface area contributed by atoms with Crippen molar-refractivity contribution in [3.8, 4) is 0 Å². The minimum Gasteiger partial charge on any atom is -0.478 e. The molecule has 1 N–H and O–H groups in total. The highest BCUT2D eigenvalue weighted by atomic mass is 16.7. The number of nitrogens with zero attached hydrogens (tertiary/aromatic N) is 1. The number of benzene rings is 1. The zero-order valence-corrected chi connectivity index (χ0v) is 11.3. The second-order valence-corrected chi connectivity index (χ2v) is 3.88. The van der Waals surface area contributed by atoms with Crippen molar-refractivity contribution >= 4 is 23.5 Å². The number of nitro groups is 1. The molecule has 21 heavy (non-hydrogen) atoms. The molecular formula is C13H13NO7. The van der Waals surface area contributed by atoms with Crippen LogP contribution < -0.4 is 0 Å². The maximum Gasteiger partial charge on any atom is 0.339 e. The number of ketones is 1. The summed E-state index contributed by atoms with van der Waals surface area (Å²) >= 11 is 0. The summed E-state index contributed by atoms with van der Waals surface area (Å²) < 4.78 is 9.42. The molecule has 0 radical (unpaired) electrons. The van der Waals surface area contributed by atoms with E-state index in [9.17, 15) is 19.7 Å². The lowest BCUT2D eigenvalue weighted by Crippen LogP contribution is -2.29. The van der Waals surface area contributed by atoms with Crippen molar-refractivity contribution in [1.29, 1.82) is 0 Å². The van der Waals surface area contributed by atoms with Gasteiger partial charge in [0, 0.05) is 26.4 Å². The lowest BCUT2D eigenvalue weighted by molar-refractivity contribution is -0.384. The number of non-ortho nitro benzene ring substituents is 1. The van der Waals surface area contributed by atoms with Gasteiger partial charge in [-0.15, -0.1) is 0 Å². The van der Waals surface area contributed by atoms with Crippen LogP contribution in [0.3, 0.4) is 0 Å². The van der Waals surface area contributed by atoms with E-state index in [1.807, 2.05) is 0 Å². The third-order valence-electron chi connectivity index (χ3n) is 2.53. The van der Waals surface area contributed by atoms with Crippen molar-refractivity contribution < 1.29 is 29.1 Å². The molecule has 8 nitrogen and oxygen atoms in total. The maximum absolute atomic E-state index is 11.9. The third kappa shape index (κ3) is 4.20. The Morgan fingerprint density at radius 1 is 1.33 bits per heavy atom. The molecule has 1 aromatic carbocycles. The minimum absolute atomic E-state index is 0.209. The van der Waals surface area contributed by atoms with Crippen LogP contribution >= 0.6 is 0 Å². The van der Waals surface area contributed by atoms with Crippen LogP contribution in [-0.2, 0) is 19.1 Å². The van der Waals surface area contributed by atoms with Gasteiger partial charge in [-0.1, -0.05) is 12.1 Å². The van der Waals surface area contributed by atoms with Crippen LogP contribution in [0.25, 0.3) is 6.08 Å². The van der Waals surface area contributed by atoms with E-state index < -0.39 is 28.5 Å². The summed E-state index contributed by atoms with van der Waals surface area (Å²) in [5.41, 5.74) is -0.596. The third-order valence-corrected chi connectivity index (χ3v) is 2.53. The standard InChI is InChI=1S/C13H13NO7/c1-20-13(21-2)11(15)10(12(16)17)7-8-4-3-5-9(6-8)14(18)19/h3-7,13H,1-2H3,(H,16,17)/b10-7+. The number of ether oxygens (including phenoxy) is 2. The number of Topliss-reactive ketones (excluding diaryl/α,β-unsaturated/α-hetero) is 1. The Morgan fingerprint density at radius 3 is 2.43 bits per heavy atom. The Morgan fingerprint density at radius 2 is 1.95 bits per heavy atom. The number of hydrogen-bond donors (Lipinski definition) is 1. The van der Waals surface area contributed by atoms with Crippen molar-refractivity contribution in [1.82, 2.24) is 0 Å². The molecule has 0 aromatic heterocycles. The van der Waals surface area contributed by atoms with Gasteiger partial charge in [0.2, 0.25) is 12.1 Å². The summed E-state index contributed by atoms with van der Waals surface area (Å²) in [6.45, 7) is 0. The maximum atomic E-state index is 11.9. The number of carboxylic acid groups (broad SMARTS) is 1. The van der Waals surface area contributed by atoms with Gasteiger partial charge in [0.15, 0.2) is 0 Å². The number of nitro benzene ring substituents is 1. The lowest BCUT2D eigenvalue weighted by atomic mass is 10.1. The summed E-state index contributed by atoms with van der Waals surface area (Å²) in [5.74, 6) is -2.37. The quantitative estimate of drug-likeness (QED) is 0.201. The zero-order chi connectivity index (χ0) is 16.0. The van der Waals surface area contributed by atoms with E-state index in [-0.39, 0.29) is 11.3 Å². The Balaban J connectivity index is 3.22. The molecule has 0 heterocycles. The number of hydrogen-bond acceptors (Lipinski definition) is 6. The van der Waals surface area contributed by atoms with Crippen LogP contribution in [0.4, 0.5) is 5.69 Å². The fraction of sp³-hybridized carbons (Fsp3) is 0.231. The molecule has 112 valence electrons. The van der Waals surface area contributed by atoms with Crippen molar-refractivity contribution in [2.45, 2.75) is 6.29 Å². The minimum atomic E-state index is -1.48. The number of aliphatic carboxylic acids is 1. The van der Waals surface area contributed by atoms with Crippen molar-refractivity contribution in [2.24, 2.45) is 0 Å². The highest BCUT2D eigenvalue weighted by molar-refractivity contribution is 6.21. The van der Waals surface area contributed by atoms with Gasteiger partial charge in [0.05, 0.1) is 4.92 Å². The first-order chi connectivity index (χ1) is 9.90. The molecule has 0 saturated carbocycles. The molecule has 0 amide bonds. The van der Waals surface area contributed by atoms with E-state index in [4.69, 9.17) is 14.6 Å². The van der Waals surface area contributed by atoms with Gasteiger partial charge in [0.25, 0.3) is 5.69 Å². The number of methoxy groups -OCH3 is 2. The first-order valence-electron chi connectivity index (χ1n) is 5.70. The fourth-order valence-electron chi connectivity index (χ4n) is 1.57. The van der Waals surface area contributed by atoms with Gasteiger partial charge in [-0.2, -0.15) is 0 Å². The normalized spacial score (nSPS) is 11.5. The zero-order valence-electron chi connectivity index (χ0n) is 11.3. The molecule has 0 bridgehead atoms.